The molecule has 0 saturated carbocycles. The first-order valence-corrected chi connectivity index (χ1v) is 6.62. The topological polar surface area (TPSA) is 70.1 Å². The highest BCUT2D eigenvalue weighted by Gasteiger charge is 2.09. The zero-order valence-corrected chi connectivity index (χ0v) is 11.3. The molecule has 1 aromatic heterocycles. The Morgan fingerprint density at radius 1 is 1.26 bits per heavy atom. The molecule has 0 aliphatic heterocycles. The lowest BCUT2D eigenvalue weighted by molar-refractivity contribution is 0.281. The molecular formula is C14H20N4O. The largest absolute Gasteiger partial charge is 0.394 e. The number of fused-ring (bicyclic) bond motifs is 1. The van der Waals surface area contributed by atoms with E-state index in [4.69, 9.17) is 5.11 Å². The standard InChI is InChI=1S/C14H20N4O/c1-3-8-15-14-17-12-7-5-4-6-11(12)13(18-14)16-10(2)9-19/h4-7,10,19H,3,8-9H2,1-2H3,(H2,15,16,17,18). The summed E-state index contributed by atoms with van der Waals surface area (Å²) < 4.78 is 0. The number of aliphatic hydroxyl groups excluding tert-OH is 1. The molecule has 5 nitrogen and oxygen atoms in total. The maximum absolute atomic E-state index is 9.16. The summed E-state index contributed by atoms with van der Waals surface area (Å²) >= 11 is 0. The van der Waals surface area contributed by atoms with Crippen molar-refractivity contribution >= 4 is 22.7 Å². The van der Waals surface area contributed by atoms with Crippen LogP contribution in [-0.4, -0.2) is 34.3 Å². The van der Waals surface area contributed by atoms with Crippen LogP contribution in [-0.2, 0) is 0 Å². The fourth-order valence-corrected chi connectivity index (χ4v) is 1.78. The summed E-state index contributed by atoms with van der Waals surface area (Å²) in [6, 6.07) is 7.81. The van der Waals surface area contributed by atoms with Crippen molar-refractivity contribution in [2.24, 2.45) is 0 Å². The molecule has 3 N–H and O–H groups in total. The molecular weight excluding hydrogens is 240 g/mol. The summed E-state index contributed by atoms with van der Waals surface area (Å²) in [5.41, 5.74) is 0.892. The minimum absolute atomic E-state index is 0.0441. The molecule has 102 valence electrons. The molecule has 5 heteroatoms. The van der Waals surface area contributed by atoms with Crippen molar-refractivity contribution < 1.29 is 5.11 Å². The Hall–Kier alpha value is -1.88. The molecule has 0 amide bonds. The van der Waals surface area contributed by atoms with E-state index in [9.17, 15) is 0 Å². The Labute approximate surface area is 113 Å². The van der Waals surface area contributed by atoms with E-state index in [1.807, 2.05) is 31.2 Å². The van der Waals surface area contributed by atoms with Crippen molar-refractivity contribution in [1.82, 2.24) is 9.97 Å². The molecule has 0 aliphatic rings. The molecule has 2 aromatic rings. The summed E-state index contributed by atoms with van der Waals surface area (Å²) in [7, 11) is 0. The fourth-order valence-electron chi connectivity index (χ4n) is 1.78. The lowest BCUT2D eigenvalue weighted by Crippen LogP contribution is -2.20. The van der Waals surface area contributed by atoms with Gasteiger partial charge in [-0.1, -0.05) is 19.1 Å². The van der Waals surface area contributed by atoms with Crippen LogP contribution in [0.5, 0.6) is 0 Å². The average molecular weight is 260 g/mol. The number of anilines is 2. The van der Waals surface area contributed by atoms with Crippen molar-refractivity contribution in [3.63, 3.8) is 0 Å². The molecule has 1 atom stereocenters. The van der Waals surface area contributed by atoms with Gasteiger partial charge in [0.15, 0.2) is 0 Å². The van der Waals surface area contributed by atoms with Crippen LogP contribution in [0, 0.1) is 0 Å². The number of aromatic nitrogens is 2. The van der Waals surface area contributed by atoms with E-state index in [-0.39, 0.29) is 12.6 Å². The van der Waals surface area contributed by atoms with E-state index >= 15 is 0 Å². The Bertz CT molecular complexity index is 544. The molecule has 0 radical (unpaired) electrons. The molecule has 0 saturated heterocycles. The van der Waals surface area contributed by atoms with Gasteiger partial charge < -0.3 is 15.7 Å². The SMILES string of the molecule is CCCNc1nc(NC(C)CO)c2ccccc2n1. The predicted molar refractivity (Wildman–Crippen MR) is 78.5 cm³/mol. The van der Waals surface area contributed by atoms with Gasteiger partial charge in [-0.2, -0.15) is 4.98 Å². The molecule has 0 spiro atoms. The van der Waals surface area contributed by atoms with Crippen LogP contribution in [0.2, 0.25) is 0 Å². The second-order valence-corrected chi connectivity index (χ2v) is 4.57. The van der Waals surface area contributed by atoms with Gasteiger partial charge in [-0.3, -0.25) is 0 Å². The molecule has 1 heterocycles. The molecule has 2 rings (SSSR count). The van der Waals surface area contributed by atoms with Crippen LogP contribution in [0.25, 0.3) is 10.9 Å². The van der Waals surface area contributed by atoms with E-state index in [1.54, 1.807) is 0 Å². The van der Waals surface area contributed by atoms with Crippen LogP contribution < -0.4 is 10.6 Å². The maximum Gasteiger partial charge on any atom is 0.225 e. The molecule has 0 fully saturated rings. The molecule has 1 aromatic carbocycles. The van der Waals surface area contributed by atoms with Crippen LogP contribution in [0.1, 0.15) is 20.3 Å². The van der Waals surface area contributed by atoms with E-state index < -0.39 is 0 Å². The number of aliphatic hydroxyl groups is 1. The van der Waals surface area contributed by atoms with Crippen LogP contribution >= 0.6 is 0 Å². The van der Waals surface area contributed by atoms with Gasteiger partial charge in [0.1, 0.15) is 5.82 Å². The minimum atomic E-state index is -0.0441. The third-order valence-electron chi connectivity index (χ3n) is 2.79. The highest BCUT2D eigenvalue weighted by molar-refractivity contribution is 5.90. The predicted octanol–water partition coefficient (Wildman–Crippen LogP) is 2.24. The van der Waals surface area contributed by atoms with E-state index in [2.05, 4.69) is 27.5 Å². The van der Waals surface area contributed by atoms with Crippen molar-refractivity contribution in [3.05, 3.63) is 24.3 Å². The lowest BCUT2D eigenvalue weighted by atomic mass is 10.2. The number of benzene rings is 1. The highest BCUT2D eigenvalue weighted by atomic mass is 16.3. The Morgan fingerprint density at radius 2 is 2.05 bits per heavy atom. The Kier molecular flexibility index (Phi) is 4.52. The first-order valence-electron chi connectivity index (χ1n) is 6.62. The third-order valence-corrected chi connectivity index (χ3v) is 2.79. The number of nitrogens with one attached hydrogen (secondary N) is 2. The number of hydrogen-bond acceptors (Lipinski definition) is 5. The number of hydrogen-bond donors (Lipinski definition) is 3. The van der Waals surface area contributed by atoms with Crippen molar-refractivity contribution in [2.45, 2.75) is 26.3 Å². The van der Waals surface area contributed by atoms with Gasteiger partial charge in [0.2, 0.25) is 5.95 Å². The zero-order chi connectivity index (χ0) is 13.7. The van der Waals surface area contributed by atoms with E-state index in [0.717, 1.165) is 29.7 Å². The molecule has 0 bridgehead atoms. The van der Waals surface area contributed by atoms with Gasteiger partial charge in [0, 0.05) is 18.0 Å². The third kappa shape index (κ3) is 3.32. The average Bonchev–Trinajstić information content (AvgIpc) is 2.45. The van der Waals surface area contributed by atoms with Crippen LogP contribution in [0.3, 0.4) is 0 Å². The molecule has 1 unspecified atom stereocenters. The van der Waals surface area contributed by atoms with Gasteiger partial charge >= 0.3 is 0 Å². The summed E-state index contributed by atoms with van der Waals surface area (Å²) in [6.45, 7) is 4.92. The number of nitrogens with zero attached hydrogens (tertiary/aromatic N) is 2. The number of para-hydroxylation sites is 1. The van der Waals surface area contributed by atoms with Crippen molar-refractivity contribution in [1.29, 1.82) is 0 Å². The van der Waals surface area contributed by atoms with Gasteiger partial charge in [-0.25, -0.2) is 4.98 Å². The summed E-state index contributed by atoms with van der Waals surface area (Å²) in [4.78, 5) is 8.96. The van der Waals surface area contributed by atoms with Crippen molar-refractivity contribution in [2.75, 3.05) is 23.8 Å². The van der Waals surface area contributed by atoms with Crippen molar-refractivity contribution in [3.8, 4) is 0 Å². The monoisotopic (exact) mass is 260 g/mol. The van der Waals surface area contributed by atoms with Crippen LogP contribution in [0.15, 0.2) is 24.3 Å². The second kappa shape index (κ2) is 6.33. The quantitative estimate of drug-likeness (QED) is 0.743. The minimum Gasteiger partial charge on any atom is -0.394 e. The maximum atomic E-state index is 9.16. The van der Waals surface area contributed by atoms with E-state index in [0.29, 0.717) is 5.95 Å². The van der Waals surface area contributed by atoms with Gasteiger partial charge in [-0.15, -0.1) is 0 Å². The summed E-state index contributed by atoms with van der Waals surface area (Å²) in [5.74, 6) is 1.37. The normalized spacial score (nSPS) is 12.4. The number of rotatable bonds is 6. The second-order valence-electron chi connectivity index (χ2n) is 4.57. The highest BCUT2D eigenvalue weighted by Crippen LogP contribution is 2.22. The van der Waals surface area contributed by atoms with Crippen LogP contribution in [0.4, 0.5) is 11.8 Å². The molecule has 19 heavy (non-hydrogen) atoms. The van der Waals surface area contributed by atoms with Gasteiger partial charge in [0.05, 0.1) is 12.1 Å². The van der Waals surface area contributed by atoms with Gasteiger partial charge in [0.25, 0.3) is 0 Å². The van der Waals surface area contributed by atoms with E-state index in [1.165, 1.54) is 0 Å². The Morgan fingerprint density at radius 3 is 2.79 bits per heavy atom. The summed E-state index contributed by atoms with van der Waals surface area (Å²) in [5, 5.41) is 16.5. The first kappa shape index (κ1) is 13.5. The lowest BCUT2D eigenvalue weighted by Gasteiger charge is -2.15. The summed E-state index contributed by atoms with van der Waals surface area (Å²) in [6.07, 6.45) is 1.02. The Balaban J connectivity index is 2.39. The first-order chi connectivity index (χ1) is 9.24. The molecule has 0 aliphatic carbocycles. The fraction of sp³-hybridized carbons (Fsp3) is 0.429. The van der Waals surface area contributed by atoms with Gasteiger partial charge in [-0.05, 0) is 25.5 Å². The zero-order valence-electron chi connectivity index (χ0n) is 11.3. The smallest absolute Gasteiger partial charge is 0.225 e.